The molecule has 0 unspecified atom stereocenters. The molecule has 1 saturated heterocycles. The fourth-order valence-electron chi connectivity index (χ4n) is 3.26. The molecule has 3 rings (SSSR count). The SMILES string of the molecule is Cc1cc([C@H](C)NC(=O)c2ccc(Cl)cc2N2CCCC2=O)c(C)o1. The number of anilines is 1. The van der Waals surface area contributed by atoms with Crippen LogP contribution in [0.3, 0.4) is 0 Å². The Morgan fingerprint density at radius 2 is 2.08 bits per heavy atom. The van der Waals surface area contributed by atoms with Gasteiger partial charge in [0.2, 0.25) is 5.91 Å². The molecule has 2 heterocycles. The number of furan rings is 1. The average Bonchev–Trinajstić information content (AvgIpc) is 3.12. The molecule has 1 aliphatic heterocycles. The smallest absolute Gasteiger partial charge is 0.253 e. The van der Waals surface area contributed by atoms with Crippen molar-refractivity contribution in [2.75, 3.05) is 11.4 Å². The number of rotatable bonds is 4. The van der Waals surface area contributed by atoms with Gasteiger partial charge < -0.3 is 14.6 Å². The number of benzene rings is 1. The van der Waals surface area contributed by atoms with Crippen molar-refractivity contribution in [1.29, 1.82) is 0 Å². The van der Waals surface area contributed by atoms with E-state index in [-0.39, 0.29) is 17.9 Å². The minimum atomic E-state index is -0.239. The Balaban J connectivity index is 1.87. The van der Waals surface area contributed by atoms with Crippen LogP contribution in [0.5, 0.6) is 0 Å². The minimum absolute atomic E-state index is 0.0191. The maximum Gasteiger partial charge on any atom is 0.253 e. The Hall–Kier alpha value is -2.27. The molecule has 0 radical (unpaired) electrons. The number of halogens is 1. The van der Waals surface area contributed by atoms with Crippen molar-refractivity contribution in [1.82, 2.24) is 5.32 Å². The van der Waals surface area contributed by atoms with Crippen molar-refractivity contribution in [3.8, 4) is 0 Å². The van der Waals surface area contributed by atoms with Gasteiger partial charge in [-0.1, -0.05) is 11.6 Å². The molecule has 0 saturated carbocycles. The van der Waals surface area contributed by atoms with Gasteiger partial charge in [-0.2, -0.15) is 0 Å². The molecule has 2 amide bonds. The first-order chi connectivity index (χ1) is 11.9. The van der Waals surface area contributed by atoms with E-state index in [1.54, 1.807) is 23.1 Å². The Labute approximate surface area is 151 Å². The quantitative estimate of drug-likeness (QED) is 0.890. The topological polar surface area (TPSA) is 62.6 Å². The second kappa shape index (κ2) is 6.92. The number of carbonyl (C=O) groups is 2. The normalized spacial score (nSPS) is 15.5. The van der Waals surface area contributed by atoms with Crippen molar-refractivity contribution in [2.24, 2.45) is 0 Å². The average molecular weight is 361 g/mol. The van der Waals surface area contributed by atoms with E-state index in [1.807, 2.05) is 26.8 Å². The van der Waals surface area contributed by atoms with E-state index < -0.39 is 0 Å². The Morgan fingerprint density at radius 1 is 1.32 bits per heavy atom. The highest BCUT2D eigenvalue weighted by atomic mass is 35.5. The standard InChI is InChI=1S/C19H21ClN2O3/c1-11-9-16(13(3)25-11)12(2)21-19(24)15-7-6-14(20)10-17(15)22-8-4-5-18(22)23/h6-7,9-10,12H,4-5,8H2,1-3H3,(H,21,24)/t12-/m0/s1. The number of nitrogens with zero attached hydrogens (tertiary/aromatic N) is 1. The van der Waals surface area contributed by atoms with Crippen LogP contribution >= 0.6 is 11.6 Å². The van der Waals surface area contributed by atoms with Crippen LogP contribution in [0, 0.1) is 13.8 Å². The number of hydrogen-bond acceptors (Lipinski definition) is 3. The third-order valence-corrected chi connectivity index (χ3v) is 4.70. The molecule has 1 aromatic carbocycles. The molecule has 5 nitrogen and oxygen atoms in total. The lowest BCUT2D eigenvalue weighted by Crippen LogP contribution is -2.31. The molecule has 132 valence electrons. The first-order valence-electron chi connectivity index (χ1n) is 8.34. The molecule has 0 aliphatic carbocycles. The maximum absolute atomic E-state index is 12.8. The van der Waals surface area contributed by atoms with Gasteiger partial charge in [0.25, 0.3) is 5.91 Å². The zero-order valence-electron chi connectivity index (χ0n) is 14.6. The van der Waals surface area contributed by atoms with Gasteiger partial charge in [0.05, 0.1) is 17.3 Å². The first kappa shape index (κ1) is 17.5. The van der Waals surface area contributed by atoms with Gasteiger partial charge in [0, 0.05) is 23.6 Å². The predicted molar refractivity (Wildman–Crippen MR) is 97.1 cm³/mol. The lowest BCUT2D eigenvalue weighted by Gasteiger charge is -2.21. The molecule has 1 N–H and O–H groups in total. The van der Waals surface area contributed by atoms with Crippen molar-refractivity contribution < 1.29 is 14.0 Å². The molecular formula is C19H21ClN2O3. The van der Waals surface area contributed by atoms with E-state index in [9.17, 15) is 9.59 Å². The summed E-state index contributed by atoms with van der Waals surface area (Å²) in [7, 11) is 0. The van der Waals surface area contributed by atoms with E-state index in [2.05, 4.69) is 5.32 Å². The lowest BCUT2D eigenvalue weighted by atomic mass is 10.1. The molecule has 25 heavy (non-hydrogen) atoms. The van der Waals surface area contributed by atoms with Crippen LogP contribution in [-0.2, 0) is 4.79 Å². The highest BCUT2D eigenvalue weighted by molar-refractivity contribution is 6.31. The van der Waals surface area contributed by atoms with E-state index in [1.165, 1.54) is 0 Å². The van der Waals surface area contributed by atoms with Crippen LogP contribution in [0.4, 0.5) is 5.69 Å². The Kier molecular flexibility index (Phi) is 4.86. The third-order valence-electron chi connectivity index (χ3n) is 4.46. The highest BCUT2D eigenvalue weighted by Crippen LogP contribution is 2.29. The fourth-order valence-corrected chi connectivity index (χ4v) is 3.42. The zero-order chi connectivity index (χ0) is 18.1. The van der Waals surface area contributed by atoms with E-state index in [4.69, 9.17) is 16.0 Å². The monoisotopic (exact) mass is 360 g/mol. The summed E-state index contributed by atoms with van der Waals surface area (Å²) in [4.78, 5) is 26.5. The van der Waals surface area contributed by atoms with Gasteiger partial charge in [-0.3, -0.25) is 9.59 Å². The summed E-state index contributed by atoms with van der Waals surface area (Å²) in [5.41, 5.74) is 1.96. The number of hydrogen-bond donors (Lipinski definition) is 1. The van der Waals surface area contributed by atoms with Crippen molar-refractivity contribution in [2.45, 2.75) is 39.7 Å². The van der Waals surface area contributed by atoms with Crippen molar-refractivity contribution in [3.05, 3.63) is 51.9 Å². The zero-order valence-corrected chi connectivity index (χ0v) is 15.3. The van der Waals surface area contributed by atoms with E-state index in [0.29, 0.717) is 29.2 Å². The second-order valence-electron chi connectivity index (χ2n) is 6.37. The molecule has 1 fully saturated rings. The molecule has 0 spiro atoms. The van der Waals surface area contributed by atoms with Crippen LogP contribution in [0.2, 0.25) is 5.02 Å². The van der Waals surface area contributed by atoms with Crippen LogP contribution in [0.15, 0.2) is 28.7 Å². The van der Waals surface area contributed by atoms with Gasteiger partial charge in [0.1, 0.15) is 11.5 Å². The van der Waals surface area contributed by atoms with Crippen molar-refractivity contribution >= 4 is 29.1 Å². The highest BCUT2D eigenvalue weighted by Gasteiger charge is 2.27. The third kappa shape index (κ3) is 3.56. The molecule has 1 atom stereocenters. The predicted octanol–water partition coefficient (Wildman–Crippen LogP) is 4.17. The van der Waals surface area contributed by atoms with Gasteiger partial charge >= 0.3 is 0 Å². The minimum Gasteiger partial charge on any atom is -0.466 e. The summed E-state index contributed by atoms with van der Waals surface area (Å²) in [6.07, 6.45) is 1.29. The lowest BCUT2D eigenvalue weighted by molar-refractivity contribution is -0.117. The molecule has 6 heteroatoms. The fraction of sp³-hybridized carbons (Fsp3) is 0.368. The van der Waals surface area contributed by atoms with E-state index in [0.717, 1.165) is 23.5 Å². The summed E-state index contributed by atoms with van der Waals surface area (Å²) < 4.78 is 5.54. The summed E-state index contributed by atoms with van der Waals surface area (Å²) >= 11 is 6.09. The summed E-state index contributed by atoms with van der Waals surface area (Å²) in [6.45, 7) is 6.27. The summed E-state index contributed by atoms with van der Waals surface area (Å²) in [5, 5.41) is 3.49. The number of aryl methyl sites for hydroxylation is 2. The largest absolute Gasteiger partial charge is 0.466 e. The number of nitrogens with one attached hydrogen (secondary N) is 1. The van der Waals surface area contributed by atoms with Crippen LogP contribution < -0.4 is 10.2 Å². The number of carbonyl (C=O) groups excluding carboxylic acids is 2. The van der Waals surface area contributed by atoms with Gasteiger partial charge in [-0.15, -0.1) is 0 Å². The van der Waals surface area contributed by atoms with Gasteiger partial charge in [-0.25, -0.2) is 0 Å². The summed E-state index contributed by atoms with van der Waals surface area (Å²) in [5.74, 6) is 1.38. The Morgan fingerprint density at radius 3 is 2.68 bits per heavy atom. The van der Waals surface area contributed by atoms with Crippen molar-refractivity contribution in [3.63, 3.8) is 0 Å². The molecule has 1 aliphatic rings. The second-order valence-corrected chi connectivity index (χ2v) is 6.81. The van der Waals surface area contributed by atoms with E-state index >= 15 is 0 Å². The Bertz CT molecular complexity index is 828. The first-order valence-corrected chi connectivity index (χ1v) is 8.72. The maximum atomic E-state index is 12.8. The molecule has 0 bridgehead atoms. The molecule has 2 aromatic rings. The van der Waals surface area contributed by atoms with Crippen LogP contribution in [0.25, 0.3) is 0 Å². The molecule has 1 aromatic heterocycles. The van der Waals surface area contributed by atoms with Crippen LogP contribution in [0.1, 0.15) is 53.2 Å². The number of amides is 2. The molecular weight excluding hydrogens is 340 g/mol. The van der Waals surface area contributed by atoms with Gasteiger partial charge in [-0.05, 0) is 51.5 Å². The summed E-state index contributed by atoms with van der Waals surface area (Å²) in [6, 6.07) is 6.73. The van der Waals surface area contributed by atoms with Gasteiger partial charge in [0.15, 0.2) is 0 Å². The van der Waals surface area contributed by atoms with Crippen LogP contribution in [-0.4, -0.2) is 18.4 Å².